The Bertz CT molecular complexity index is 723. The first kappa shape index (κ1) is 19.3. The highest BCUT2D eigenvalue weighted by atomic mass is 19.4. The second-order valence-electron chi connectivity index (χ2n) is 7.81. The summed E-state index contributed by atoms with van der Waals surface area (Å²) in [7, 11) is 0. The summed E-state index contributed by atoms with van der Waals surface area (Å²) in [5.41, 5.74) is -0.0441. The van der Waals surface area contributed by atoms with Crippen molar-refractivity contribution in [2.45, 2.75) is 12.7 Å². The van der Waals surface area contributed by atoms with E-state index < -0.39 is 17.8 Å². The van der Waals surface area contributed by atoms with Gasteiger partial charge in [-0.2, -0.15) is 13.2 Å². The first-order valence-electron chi connectivity index (χ1n) is 9.55. The summed E-state index contributed by atoms with van der Waals surface area (Å²) < 4.78 is 47.2. The number of alkyl halides is 3. The number of morpholine rings is 1. The molecule has 3 aliphatic rings. The van der Waals surface area contributed by atoms with Gasteiger partial charge in [0, 0.05) is 51.5 Å². The van der Waals surface area contributed by atoms with Crippen LogP contribution < -0.4 is 4.90 Å². The van der Waals surface area contributed by atoms with Gasteiger partial charge in [-0.3, -0.25) is 4.90 Å². The summed E-state index contributed by atoms with van der Waals surface area (Å²) in [4.78, 5) is 16.3. The van der Waals surface area contributed by atoms with Gasteiger partial charge in [-0.25, -0.2) is 4.79 Å². The first-order valence-corrected chi connectivity index (χ1v) is 9.55. The minimum atomic E-state index is -4.43. The molecule has 3 fully saturated rings. The number of rotatable bonds is 3. The zero-order valence-electron chi connectivity index (χ0n) is 15.5. The van der Waals surface area contributed by atoms with E-state index in [0.29, 0.717) is 52.5 Å². The lowest BCUT2D eigenvalue weighted by atomic mass is 10.0. The number of fused-ring (bicyclic) bond motifs is 1. The van der Waals surface area contributed by atoms with Gasteiger partial charge in [-0.1, -0.05) is 12.1 Å². The molecule has 3 heterocycles. The zero-order chi connectivity index (χ0) is 19.9. The predicted octanol–water partition coefficient (Wildman–Crippen LogP) is 2.58. The number of hydrogen-bond donors (Lipinski definition) is 1. The van der Waals surface area contributed by atoms with E-state index in [1.807, 2.05) is 4.90 Å². The van der Waals surface area contributed by atoms with Crippen LogP contribution in [0.5, 0.6) is 0 Å². The van der Waals surface area contributed by atoms with Gasteiger partial charge in [0.05, 0.1) is 18.8 Å². The third kappa shape index (κ3) is 3.77. The molecule has 1 aromatic rings. The van der Waals surface area contributed by atoms with Gasteiger partial charge in [-0.15, -0.1) is 0 Å². The Morgan fingerprint density at radius 1 is 1.11 bits per heavy atom. The lowest BCUT2D eigenvalue weighted by molar-refractivity contribution is -0.138. The molecule has 9 heteroatoms. The van der Waals surface area contributed by atoms with Gasteiger partial charge < -0.3 is 19.6 Å². The molecule has 0 spiro atoms. The number of carboxylic acid groups (broad SMARTS) is 1. The first-order chi connectivity index (χ1) is 13.3. The number of amides is 1. The topological polar surface area (TPSA) is 56.2 Å². The largest absolute Gasteiger partial charge is 0.465 e. The van der Waals surface area contributed by atoms with E-state index in [-0.39, 0.29) is 29.6 Å². The Labute approximate surface area is 161 Å². The van der Waals surface area contributed by atoms with Gasteiger partial charge >= 0.3 is 12.3 Å². The maximum Gasteiger partial charge on any atom is 0.418 e. The highest BCUT2D eigenvalue weighted by Gasteiger charge is 2.43. The minimum Gasteiger partial charge on any atom is -0.465 e. The normalized spacial score (nSPS) is 26.0. The molecule has 0 radical (unpaired) electrons. The van der Waals surface area contributed by atoms with E-state index in [0.717, 1.165) is 0 Å². The summed E-state index contributed by atoms with van der Waals surface area (Å²) in [6.45, 7) is 4.19. The molecule has 6 nitrogen and oxygen atoms in total. The number of ether oxygens (including phenoxy) is 1. The highest BCUT2D eigenvalue weighted by Crippen LogP contribution is 2.41. The summed E-state index contributed by atoms with van der Waals surface area (Å²) in [6.07, 6.45) is -5.35. The van der Waals surface area contributed by atoms with Crippen LogP contribution in [0.1, 0.15) is 11.1 Å². The summed E-state index contributed by atoms with van der Waals surface area (Å²) in [6, 6.07) is 4.80. The van der Waals surface area contributed by atoms with Crippen molar-refractivity contribution in [3.8, 4) is 0 Å². The standard InChI is InChI=1S/C19H24F3N3O3/c20-19(21,22)17-13(2-1-3-16(17)24-4-6-28-7-5-24)8-23-9-14-11-25(18(26)27)12-15(14)10-23/h1-3,14-15H,4-12H2,(H,26,27). The van der Waals surface area contributed by atoms with Gasteiger partial charge in [0.2, 0.25) is 0 Å². The molecule has 1 amide bonds. The van der Waals surface area contributed by atoms with Crippen molar-refractivity contribution in [2.24, 2.45) is 11.8 Å². The third-order valence-electron chi connectivity index (χ3n) is 5.99. The van der Waals surface area contributed by atoms with Crippen molar-refractivity contribution in [1.82, 2.24) is 9.80 Å². The number of hydrogen-bond acceptors (Lipinski definition) is 4. The van der Waals surface area contributed by atoms with Crippen LogP contribution >= 0.6 is 0 Å². The van der Waals surface area contributed by atoms with Crippen molar-refractivity contribution >= 4 is 11.8 Å². The van der Waals surface area contributed by atoms with E-state index in [9.17, 15) is 18.0 Å². The number of anilines is 1. The van der Waals surface area contributed by atoms with E-state index in [4.69, 9.17) is 9.84 Å². The fourth-order valence-electron chi connectivity index (χ4n) is 4.73. The Hall–Kier alpha value is -2.00. The Kier molecular flexibility index (Phi) is 5.13. The van der Waals surface area contributed by atoms with Gasteiger partial charge in [0.1, 0.15) is 0 Å². The summed E-state index contributed by atoms with van der Waals surface area (Å²) in [5, 5.41) is 9.12. The molecular formula is C19H24F3N3O3. The number of likely N-dealkylation sites (tertiary alicyclic amines) is 2. The van der Waals surface area contributed by atoms with Crippen LogP contribution in [0.15, 0.2) is 18.2 Å². The molecule has 2 unspecified atom stereocenters. The van der Waals surface area contributed by atoms with Crippen LogP contribution in [-0.2, 0) is 17.5 Å². The molecule has 0 saturated carbocycles. The van der Waals surface area contributed by atoms with Crippen LogP contribution in [0.3, 0.4) is 0 Å². The third-order valence-corrected chi connectivity index (χ3v) is 5.99. The molecule has 3 aliphatic heterocycles. The Morgan fingerprint density at radius 3 is 2.32 bits per heavy atom. The maximum absolute atomic E-state index is 14.0. The Morgan fingerprint density at radius 2 is 1.75 bits per heavy atom. The predicted molar refractivity (Wildman–Crippen MR) is 96.3 cm³/mol. The molecular weight excluding hydrogens is 375 g/mol. The van der Waals surface area contributed by atoms with Crippen LogP contribution in [0, 0.1) is 11.8 Å². The minimum absolute atomic E-state index is 0.202. The molecule has 28 heavy (non-hydrogen) atoms. The lowest BCUT2D eigenvalue weighted by Gasteiger charge is -2.32. The van der Waals surface area contributed by atoms with Crippen molar-refractivity contribution in [3.05, 3.63) is 29.3 Å². The van der Waals surface area contributed by atoms with Crippen LogP contribution in [0.25, 0.3) is 0 Å². The molecule has 4 rings (SSSR count). The summed E-state index contributed by atoms with van der Waals surface area (Å²) >= 11 is 0. The van der Waals surface area contributed by atoms with Crippen molar-refractivity contribution in [1.29, 1.82) is 0 Å². The monoisotopic (exact) mass is 399 g/mol. The number of nitrogens with zero attached hydrogens (tertiary/aromatic N) is 3. The van der Waals surface area contributed by atoms with Crippen molar-refractivity contribution in [2.75, 3.05) is 57.4 Å². The van der Waals surface area contributed by atoms with Gasteiger partial charge in [-0.05, 0) is 23.5 Å². The fraction of sp³-hybridized carbons (Fsp3) is 0.632. The molecule has 154 valence electrons. The summed E-state index contributed by atoms with van der Waals surface area (Å²) in [5.74, 6) is 0.403. The molecule has 0 bridgehead atoms. The lowest BCUT2D eigenvalue weighted by Crippen LogP contribution is -2.38. The van der Waals surface area contributed by atoms with Gasteiger partial charge in [0.15, 0.2) is 0 Å². The Balaban J connectivity index is 1.53. The van der Waals surface area contributed by atoms with Gasteiger partial charge in [0.25, 0.3) is 0 Å². The molecule has 2 atom stereocenters. The van der Waals surface area contributed by atoms with Crippen LogP contribution in [0.4, 0.5) is 23.7 Å². The second-order valence-corrected chi connectivity index (χ2v) is 7.81. The molecule has 0 aromatic heterocycles. The SMILES string of the molecule is O=C(O)N1CC2CN(Cc3cccc(N4CCOCC4)c3C(F)(F)F)CC2C1. The quantitative estimate of drug-likeness (QED) is 0.847. The van der Waals surface area contributed by atoms with E-state index in [1.165, 1.54) is 4.90 Å². The van der Waals surface area contributed by atoms with E-state index in [2.05, 4.69) is 0 Å². The van der Waals surface area contributed by atoms with Crippen molar-refractivity contribution in [3.63, 3.8) is 0 Å². The number of carbonyl (C=O) groups is 1. The van der Waals surface area contributed by atoms with E-state index in [1.54, 1.807) is 23.1 Å². The van der Waals surface area contributed by atoms with Crippen molar-refractivity contribution < 1.29 is 27.8 Å². The van der Waals surface area contributed by atoms with E-state index >= 15 is 0 Å². The number of halogens is 3. The average Bonchev–Trinajstić information content (AvgIpc) is 3.20. The highest BCUT2D eigenvalue weighted by molar-refractivity contribution is 5.65. The molecule has 0 aliphatic carbocycles. The zero-order valence-corrected chi connectivity index (χ0v) is 15.5. The van der Waals surface area contributed by atoms with Crippen LogP contribution in [0.2, 0.25) is 0 Å². The molecule has 3 saturated heterocycles. The fourth-order valence-corrected chi connectivity index (χ4v) is 4.73. The second kappa shape index (κ2) is 7.44. The smallest absolute Gasteiger partial charge is 0.418 e. The average molecular weight is 399 g/mol. The molecule has 1 aromatic carbocycles. The molecule has 1 N–H and O–H groups in total. The maximum atomic E-state index is 14.0. The van der Waals surface area contributed by atoms with Crippen LogP contribution in [-0.4, -0.2) is 73.5 Å². The number of benzene rings is 1.